The average molecular weight is 572 g/mol. The number of benzene rings is 1. The van der Waals surface area contributed by atoms with Crippen LogP contribution in [0.5, 0.6) is 5.75 Å². The van der Waals surface area contributed by atoms with Gasteiger partial charge in [0.1, 0.15) is 27.8 Å². The number of methoxy groups -OCH3 is 1. The third-order valence-electron chi connectivity index (χ3n) is 7.35. The van der Waals surface area contributed by atoms with Gasteiger partial charge in [-0.3, -0.25) is 9.36 Å². The van der Waals surface area contributed by atoms with Crippen molar-refractivity contribution >= 4 is 27.5 Å². The van der Waals surface area contributed by atoms with E-state index in [-0.39, 0.29) is 12.6 Å². The zero-order valence-corrected chi connectivity index (χ0v) is 25.6. The number of para-hydroxylation sites is 1. The highest BCUT2D eigenvalue weighted by Crippen LogP contribution is 2.33. The van der Waals surface area contributed by atoms with Crippen molar-refractivity contribution in [3.8, 4) is 5.75 Å². The number of hydrogen-bond donors (Lipinski definition) is 0. The lowest BCUT2D eigenvalue weighted by Gasteiger charge is -2.33. The summed E-state index contributed by atoms with van der Waals surface area (Å²) in [6, 6.07) is 7.64. The molecule has 1 atom stereocenters. The molecule has 0 N–H and O–H groups in total. The Hall–Kier alpha value is -2.95. The van der Waals surface area contributed by atoms with Crippen molar-refractivity contribution in [2.24, 2.45) is 0 Å². The summed E-state index contributed by atoms with van der Waals surface area (Å²) >= 11 is 1.34. The lowest BCUT2D eigenvalue weighted by molar-refractivity contribution is -0.164. The molecule has 9 nitrogen and oxygen atoms in total. The van der Waals surface area contributed by atoms with E-state index in [0.717, 1.165) is 41.6 Å². The van der Waals surface area contributed by atoms with E-state index in [1.165, 1.54) is 11.3 Å². The van der Waals surface area contributed by atoms with Gasteiger partial charge < -0.3 is 19.1 Å². The van der Waals surface area contributed by atoms with Crippen LogP contribution in [-0.4, -0.2) is 59.0 Å². The monoisotopic (exact) mass is 571 g/mol. The molecule has 1 fully saturated rings. The summed E-state index contributed by atoms with van der Waals surface area (Å²) in [5.41, 5.74) is -1.84. The summed E-state index contributed by atoms with van der Waals surface area (Å²) in [5.74, 6) is 0.0105. The fourth-order valence-electron chi connectivity index (χ4n) is 5.11. The first-order valence-electron chi connectivity index (χ1n) is 13.7. The predicted octanol–water partition coefficient (Wildman–Crippen LogP) is 4.47. The zero-order chi connectivity index (χ0) is 29.4. The van der Waals surface area contributed by atoms with Gasteiger partial charge in [0.05, 0.1) is 25.1 Å². The summed E-state index contributed by atoms with van der Waals surface area (Å²) < 4.78 is 20.6. The Morgan fingerprint density at radius 2 is 1.75 bits per heavy atom. The predicted molar refractivity (Wildman–Crippen MR) is 158 cm³/mol. The normalized spacial score (nSPS) is 16.3. The molecule has 0 spiro atoms. The molecule has 1 aliphatic heterocycles. The maximum Gasteiger partial charge on any atom is 0.333 e. The summed E-state index contributed by atoms with van der Waals surface area (Å²) in [4.78, 5) is 44.1. The average Bonchev–Trinajstić information content (AvgIpc) is 3.27. The number of likely N-dealkylation sites (tertiary alicyclic amines) is 1. The van der Waals surface area contributed by atoms with Crippen LogP contribution >= 0.6 is 11.3 Å². The van der Waals surface area contributed by atoms with Crippen LogP contribution in [0.4, 0.5) is 0 Å². The maximum absolute atomic E-state index is 14.2. The molecular weight excluding hydrogens is 530 g/mol. The van der Waals surface area contributed by atoms with Gasteiger partial charge in [-0.2, -0.15) is 0 Å². The van der Waals surface area contributed by atoms with Gasteiger partial charge in [0.25, 0.3) is 5.56 Å². The van der Waals surface area contributed by atoms with Crippen LogP contribution in [0.25, 0.3) is 10.2 Å². The molecular formula is C30H41N3O6S. The Kier molecular flexibility index (Phi) is 8.63. The van der Waals surface area contributed by atoms with Crippen molar-refractivity contribution in [3.05, 3.63) is 61.6 Å². The fourth-order valence-corrected chi connectivity index (χ4v) is 6.16. The summed E-state index contributed by atoms with van der Waals surface area (Å²) in [5, 5.41) is 2.28. The molecule has 218 valence electrons. The first-order valence-corrected chi connectivity index (χ1v) is 14.6. The first-order chi connectivity index (χ1) is 18.7. The maximum atomic E-state index is 14.2. The smallest absolute Gasteiger partial charge is 0.333 e. The van der Waals surface area contributed by atoms with Crippen LogP contribution in [0.1, 0.15) is 64.7 Å². The molecule has 1 saturated heterocycles. The Bertz CT molecular complexity index is 1490. The number of esters is 1. The third-order valence-corrected chi connectivity index (χ3v) is 8.47. The SMILES string of the molecule is COc1ccccc1C(Cn1c(=O)n(C(C)(C)C(=O)OC(C)(C)C)c(=O)c2c(C)csc21)OC1CCN(C)CC1. The second-order valence-electron chi connectivity index (χ2n) is 12.1. The summed E-state index contributed by atoms with van der Waals surface area (Å²) in [6.07, 6.45) is 1.22. The molecule has 1 unspecified atom stereocenters. The number of ether oxygens (including phenoxy) is 3. The quantitative estimate of drug-likeness (QED) is 0.369. The third kappa shape index (κ3) is 6.04. The number of hydrogen-bond acceptors (Lipinski definition) is 8. The minimum absolute atomic E-state index is 0.00601. The lowest BCUT2D eigenvalue weighted by atomic mass is 10.0. The molecule has 0 bridgehead atoms. The second kappa shape index (κ2) is 11.5. The number of thiophene rings is 1. The number of aryl methyl sites for hydroxylation is 1. The van der Waals surface area contributed by atoms with Gasteiger partial charge in [-0.05, 0) is 78.4 Å². The number of carbonyl (C=O) groups is 1. The number of fused-ring (bicyclic) bond motifs is 1. The Morgan fingerprint density at radius 3 is 2.38 bits per heavy atom. The largest absolute Gasteiger partial charge is 0.496 e. The highest BCUT2D eigenvalue weighted by molar-refractivity contribution is 7.17. The van der Waals surface area contributed by atoms with Crippen molar-refractivity contribution in [1.82, 2.24) is 14.0 Å². The molecule has 40 heavy (non-hydrogen) atoms. The van der Waals surface area contributed by atoms with Crippen LogP contribution in [0.2, 0.25) is 0 Å². The fraction of sp³-hybridized carbons (Fsp3) is 0.567. The van der Waals surface area contributed by atoms with E-state index < -0.39 is 34.5 Å². The Balaban J connectivity index is 1.87. The van der Waals surface area contributed by atoms with Crippen LogP contribution < -0.4 is 16.0 Å². The number of aromatic nitrogens is 2. The van der Waals surface area contributed by atoms with Crippen LogP contribution in [-0.2, 0) is 26.4 Å². The highest BCUT2D eigenvalue weighted by Gasteiger charge is 2.39. The van der Waals surface area contributed by atoms with E-state index in [2.05, 4.69) is 11.9 Å². The van der Waals surface area contributed by atoms with Gasteiger partial charge in [-0.1, -0.05) is 18.2 Å². The van der Waals surface area contributed by atoms with E-state index in [1.807, 2.05) is 36.6 Å². The molecule has 0 radical (unpaired) electrons. The molecule has 0 amide bonds. The van der Waals surface area contributed by atoms with Gasteiger partial charge in [0.2, 0.25) is 0 Å². The van der Waals surface area contributed by atoms with Gasteiger partial charge in [-0.15, -0.1) is 11.3 Å². The van der Waals surface area contributed by atoms with Crippen molar-refractivity contribution in [3.63, 3.8) is 0 Å². The Labute approximate surface area is 239 Å². The molecule has 4 rings (SSSR count). The van der Waals surface area contributed by atoms with E-state index in [9.17, 15) is 14.4 Å². The second-order valence-corrected chi connectivity index (χ2v) is 12.9. The van der Waals surface area contributed by atoms with Crippen molar-refractivity contribution < 1.29 is 19.0 Å². The molecule has 0 saturated carbocycles. The molecule has 1 aromatic carbocycles. The van der Waals surface area contributed by atoms with Gasteiger partial charge in [0.15, 0.2) is 0 Å². The van der Waals surface area contributed by atoms with E-state index in [0.29, 0.717) is 16.0 Å². The van der Waals surface area contributed by atoms with Crippen LogP contribution in [0, 0.1) is 6.92 Å². The van der Waals surface area contributed by atoms with Gasteiger partial charge >= 0.3 is 11.7 Å². The molecule has 1 aliphatic rings. The molecule has 3 heterocycles. The molecule has 2 aromatic heterocycles. The van der Waals surface area contributed by atoms with Crippen molar-refractivity contribution in [2.45, 2.75) is 84.3 Å². The molecule has 3 aromatic rings. The summed E-state index contributed by atoms with van der Waals surface area (Å²) in [6.45, 7) is 12.2. The number of rotatable bonds is 8. The van der Waals surface area contributed by atoms with Gasteiger partial charge in [-0.25, -0.2) is 14.2 Å². The van der Waals surface area contributed by atoms with Crippen LogP contribution in [0.15, 0.2) is 39.2 Å². The van der Waals surface area contributed by atoms with Gasteiger partial charge in [0, 0.05) is 18.7 Å². The highest BCUT2D eigenvalue weighted by atomic mass is 32.1. The lowest BCUT2D eigenvalue weighted by Crippen LogP contribution is -2.54. The number of nitrogens with zero attached hydrogens (tertiary/aromatic N) is 3. The molecule has 0 aliphatic carbocycles. The van der Waals surface area contributed by atoms with Crippen molar-refractivity contribution in [1.29, 1.82) is 0 Å². The Morgan fingerprint density at radius 1 is 1.10 bits per heavy atom. The first kappa shape index (κ1) is 30.0. The number of piperidine rings is 1. The minimum Gasteiger partial charge on any atom is -0.496 e. The van der Waals surface area contributed by atoms with Crippen molar-refractivity contribution in [2.75, 3.05) is 27.2 Å². The van der Waals surface area contributed by atoms with E-state index in [1.54, 1.807) is 46.3 Å². The zero-order valence-electron chi connectivity index (χ0n) is 24.8. The van der Waals surface area contributed by atoms with E-state index in [4.69, 9.17) is 14.2 Å². The van der Waals surface area contributed by atoms with Crippen LogP contribution in [0.3, 0.4) is 0 Å². The minimum atomic E-state index is -1.54. The molecule has 10 heteroatoms. The number of carbonyl (C=O) groups excluding carboxylic acids is 1. The van der Waals surface area contributed by atoms with E-state index >= 15 is 0 Å². The topological polar surface area (TPSA) is 92.0 Å². The standard InChI is InChI=1S/C30H41N3O6S/c1-19-18-40-26-24(19)25(34)33(30(5,6)27(35)39-29(2,3)4)28(36)32(26)17-23(21-11-9-10-12-22(21)37-8)38-20-13-15-31(7)16-14-20/h9-12,18,20,23H,13-17H2,1-8H3. The summed E-state index contributed by atoms with van der Waals surface area (Å²) in [7, 11) is 3.71.